The average Bonchev–Trinajstić information content (AvgIpc) is 3.16. The van der Waals surface area contributed by atoms with Crippen molar-refractivity contribution in [1.82, 2.24) is 4.68 Å². The number of aromatic nitrogens is 1. The van der Waals surface area contributed by atoms with Gasteiger partial charge in [-0.15, -0.1) is 11.3 Å². The summed E-state index contributed by atoms with van der Waals surface area (Å²) in [5.41, 5.74) is 4.14. The van der Waals surface area contributed by atoms with Crippen LogP contribution in [0.4, 0.5) is 0 Å². The van der Waals surface area contributed by atoms with E-state index in [2.05, 4.69) is 34.7 Å². The lowest BCUT2D eigenvalue weighted by molar-refractivity contribution is 0.475. The quantitative estimate of drug-likeness (QED) is 0.488. The van der Waals surface area contributed by atoms with E-state index >= 15 is 0 Å². The third-order valence-corrected chi connectivity index (χ3v) is 5.06. The topological polar surface area (TPSA) is 49.9 Å². The molecule has 0 atom stereocenters. The van der Waals surface area contributed by atoms with Gasteiger partial charge in [-0.3, -0.25) is 4.99 Å². The van der Waals surface area contributed by atoms with Crippen LogP contribution >= 0.6 is 11.3 Å². The number of phenols is 1. The zero-order valence-electron chi connectivity index (χ0n) is 15.1. The molecule has 4 aromatic rings. The molecule has 0 bridgehead atoms. The third kappa shape index (κ3) is 4.27. The second-order valence-corrected chi connectivity index (χ2v) is 7.06. The summed E-state index contributed by atoms with van der Waals surface area (Å²) in [5, 5.41) is 16.2. The van der Waals surface area contributed by atoms with E-state index in [-0.39, 0.29) is 5.75 Å². The second kappa shape index (κ2) is 8.50. The summed E-state index contributed by atoms with van der Waals surface area (Å²) in [6.45, 7) is 0.602. The Labute approximate surface area is 167 Å². The van der Waals surface area contributed by atoms with Crippen LogP contribution in [0.15, 0.2) is 100 Å². The van der Waals surface area contributed by atoms with Crippen LogP contribution in [0.5, 0.6) is 5.75 Å². The van der Waals surface area contributed by atoms with Gasteiger partial charge in [-0.2, -0.15) is 5.10 Å². The van der Waals surface area contributed by atoms with Gasteiger partial charge < -0.3 is 5.11 Å². The molecule has 0 saturated heterocycles. The molecule has 0 aliphatic carbocycles. The molecule has 0 spiro atoms. The van der Waals surface area contributed by atoms with E-state index in [9.17, 15) is 5.11 Å². The van der Waals surface area contributed by atoms with Crippen LogP contribution in [-0.2, 0) is 6.54 Å². The molecule has 0 unspecified atom stereocenters. The molecule has 0 aliphatic rings. The zero-order valence-corrected chi connectivity index (χ0v) is 16.0. The highest BCUT2D eigenvalue weighted by molar-refractivity contribution is 7.07. The Hall–Kier alpha value is -3.44. The summed E-state index contributed by atoms with van der Waals surface area (Å²) in [5.74, 6) is 0.240. The van der Waals surface area contributed by atoms with Crippen molar-refractivity contribution in [3.63, 3.8) is 0 Å². The summed E-state index contributed by atoms with van der Waals surface area (Å²) >= 11 is 1.57. The molecular formula is C23H19N3OS. The minimum Gasteiger partial charge on any atom is -0.508 e. The molecule has 1 heterocycles. The Morgan fingerprint density at radius 3 is 2.25 bits per heavy atom. The monoisotopic (exact) mass is 385 g/mol. The number of hydrogen-bond donors (Lipinski definition) is 1. The molecule has 0 fully saturated rings. The molecule has 138 valence electrons. The van der Waals surface area contributed by atoms with Crippen LogP contribution in [0, 0.1) is 0 Å². The van der Waals surface area contributed by atoms with Gasteiger partial charge in [0.2, 0.25) is 4.80 Å². The maximum absolute atomic E-state index is 9.46. The average molecular weight is 385 g/mol. The first-order chi connectivity index (χ1) is 13.8. The van der Waals surface area contributed by atoms with Gasteiger partial charge in [-0.1, -0.05) is 60.7 Å². The van der Waals surface area contributed by atoms with Crippen LogP contribution in [-0.4, -0.2) is 16.0 Å². The van der Waals surface area contributed by atoms with E-state index in [0.29, 0.717) is 6.54 Å². The fraction of sp³-hybridized carbons (Fsp3) is 0.0435. The lowest BCUT2D eigenvalue weighted by atomic mass is 10.2. The van der Waals surface area contributed by atoms with Gasteiger partial charge in [-0.05, 0) is 35.4 Å². The van der Waals surface area contributed by atoms with Crippen molar-refractivity contribution in [2.75, 3.05) is 0 Å². The summed E-state index contributed by atoms with van der Waals surface area (Å²) < 4.78 is 1.87. The highest BCUT2D eigenvalue weighted by Gasteiger charge is 2.07. The smallest absolute Gasteiger partial charge is 0.206 e. The summed E-state index contributed by atoms with van der Waals surface area (Å²) in [6, 6.07) is 27.3. The van der Waals surface area contributed by atoms with E-state index in [0.717, 1.165) is 27.2 Å². The van der Waals surface area contributed by atoms with Crippen molar-refractivity contribution in [1.29, 1.82) is 0 Å². The lowest BCUT2D eigenvalue weighted by Crippen LogP contribution is -2.12. The number of hydrogen-bond acceptors (Lipinski definition) is 4. The van der Waals surface area contributed by atoms with Crippen molar-refractivity contribution in [3.05, 3.63) is 106 Å². The largest absolute Gasteiger partial charge is 0.508 e. The number of rotatable bonds is 5. The fourth-order valence-corrected chi connectivity index (χ4v) is 3.59. The molecule has 3 aromatic carbocycles. The SMILES string of the molecule is Oc1ccc(C=Nn2c(-c3ccccc3)csc2=NCc2ccccc2)cc1. The maximum Gasteiger partial charge on any atom is 0.206 e. The van der Waals surface area contributed by atoms with Gasteiger partial charge in [-0.25, -0.2) is 4.68 Å². The maximum atomic E-state index is 9.46. The molecule has 4 nitrogen and oxygen atoms in total. The lowest BCUT2D eigenvalue weighted by Gasteiger charge is -2.03. The van der Waals surface area contributed by atoms with Crippen LogP contribution in [0.25, 0.3) is 11.3 Å². The van der Waals surface area contributed by atoms with Crippen molar-refractivity contribution >= 4 is 17.6 Å². The first-order valence-corrected chi connectivity index (χ1v) is 9.81. The van der Waals surface area contributed by atoms with Crippen LogP contribution in [0.1, 0.15) is 11.1 Å². The van der Waals surface area contributed by atoms with Crippen molar-refractivity contribution in [2.45, 2.75) is 6.54 Å². The Kier molecular flexibility index (Phi) is 5.45. The Bertz CT molecular complexity index is 1130. The molecule has 0 aliphatic heterocycles. The molecule has 28 heavy (non-hydrogen) atoms. The van der Waals surface area contributed by atoms with Crippen LogP contribution in [0.3, 0.4) is 0 Å². The summed E-state index contributed by atoms with van der Waals surface area (Å²) in [4.78, 5) is 5.61. The van der Waals surface area contributed by atoms with Gasteiger partial charge in [0.15, 0.2) is 0 Å². The Morgan fingerprint density at radius 2 is 1.54 bits per heavy atom. The van der Waals surface area contributed by atoms with Gasteiger partial charge in [0.05, 0.1) is 18.5 Å². The highest BCUT2D eigenvalue weighted by atomic mass is 32.1. The molecule has 1 N–H and O–H groups in total. The minimum atomic E-state index is 0.240. The predicted octanol–water partition coefficient (Wildman–Crippen LogP) is 4.91. The van der Waals surface area contributed by atoms with Crippen LogP contribution < -0.4 is 4.80 Å². The molecule has 0 saturated carbocycles. The molecular weight excluding hydrogens is 366 g/mol. The van der Waals surface area contributed by atoms with Crippen molar-refractivity contribution < 1.29 is 5.11 Å². The highest BCUT2D eigenvalue weighted by Crippen LogP contribution is 2.20. The zero-order chi connectivity index (χ0) is 19.2. The fourth-order valence-electron chi connectivity index (χ4n) is 2.75. The molecule has 0 amide bonds. The Balaban J connectivity index is 1.74. The second-order valence-electron chi connectivity index (χ2n) is 6.22. The van der Waals surface area contributed by atoms with Crippen LogP contribution in [0.2, 0.25) is 0 Å². The van der Waals surface area contributed by atoms with E-state index in [4.69, 9.17) is 4.99 Å². The van der Waals surface area contributed by atoms with E-state index in [1.54, 1.807) is 29.7 Å². The van der Waals surface area contributed by atoms with Gasteiger partial charge in [0.25, 0.3) is 0 Å². The van der Waals surface area contributed by atoms with Crippen molar-refractivity contribution in [2.24, 2.45) is 10.1 Å². The van der Waals surface area contributed by atoms with E-state index < -0.39 is 0 Å². The first-order valence-electron chi connectivity index (χ1n) is 8.93. The number of benzene rings is 3. The molecule has 4 rings (SSSR count). The molecule has 5 heteroatoms. The van der Waals surface area contributed by atoms with E-state index in [1.807, 2.05) is 53.2 Å². The van der Waals surface area contributed by atoms with Gasteiger partial charge in [0, 0.05) is 10.9 Å². The summed E-state index contributed by atoms with van der Waals surface area (Å²) in [6.07, 6.45) is 1.78. The van der Waals surface area contributed by atoms with E-state index in [1.165, 1.54) is 0 Å². The number of thiazole rings is 1. The predicted molar refractivity (Wildman–Crippen MR) is 115 cm³/mol. The number of nitrogens with zero attached hydrogens (tertiary/aromatic N) is 3. The first kappa shape index (κ1) is 17.9. The summed E-state index contributed by atoms with van der Waals surface area (Å²) in [7, 11) is 0. The number of phenolic OH excluding ortho intramolecular Hbond substituents is 1. The minimum absolute atomic E-state index is 0.240. The van der Waals surface area contributed by atoms with Gasteiger partial charge in [0.1, 0.15) is 5.75 Å². The standard InChI is InChI=1S/C23H19N3OS/c27-21-13-11-19(12-14-21)16-25-26-22(20-9-5-2-6-10-20)17-28-23(26)24-15-18-7-3-1-4-8-18/h1-14,16-17,27H,15H2. The normalized spacial score (nSPS) is 11.9. The third-order valence-electron chi connectivity index (χ3n) is 4.21. The molecule has 0 radical (unpaired) electrons. The molecule has 1 aromatic heterocycles. The van der Waals surface area contributed by atoms with Crippen molar-refractivity contribution in [3.8, 4) is 17.0 Å². The van der Waals surface area contributed by atoms with Gasteiger partial charge >= 0.3 is 0 Å². The Morgan fingerprint density at radius 1 is 0.857 bits per heavy atom. The number of aromatic hydroxyl groups is 1.